The molecule has 34 heavy (non-hydrogen) atoms. The van der Waals surface area contributed by atoms with Crippen LogP contribution in [0, 0.1) is 17.5 Å². The third kappa shape index (κ3) is 4.26. The van der Waals surface area contributed by atoms with E-state index in [4.69, 9.17) is 0 Å². The topological polar surface area (TPSA) is 70.3 Å². The minimum atomic E-state index is -1.68. The summed E-state index contributed by atoms with van der Waals surface area (Å²) in [5.41, 5.74) is -0.917. The van der Waals surface area contributed by atoms with E-state index in [1.165, 1.54) is 46.9 Å². The van der Waals surface area contributed by atoms with Crippen LogP contribution < -0.4 is 4.90 Å². The molecule has 2 aromatic carbocycles. The van der Waals surface area contributed by atoms with Crippen LogP contribution in [0.5, 0.6) is 0 Å². The number of hydrogen-bond acceptors (Lipinski definition) is 7. The number of nitrogens with zero attached hydrogens (tertiary/aromatic N) is 6. The van der Waals surface area contributed by atoms with Gasteiger partial charge in [-0.05, 0) is 31.2 Å². The Labute approximate surface area is 198 Å². The molecule has 0 bridgehead atoms. The third-order valence-corrected chi connectivity index (χ3v) is 7.51. The monoisotopic (exact) mass is 488 g/mol. The molecule has 0 amide bonds. The van der Waals surface area contributed by atoms with Gasteiger partial charge >= 0.3 is 0 Å². The predicted molar refractivity (Wildman–Crippen MR) is 123 cm³/mol. The second kappa shape index (κ2) is 8.97. The lowest BCUT2D eigenvalue weighted by molar-refractivity contribution is -0.0650. The van der Waals surface area contributed by atoms with Crippen LogP contribution in [0.4, 0.5) is 18.3 Å². The number of benzene rings is 2. The number of halogens is 3. The molecule has 1 aliphatic rings. The molecule has 0 radical (unpaired) electrons. The van der Waals surface area contributed by atoms with Gasteiger partial charge in [0.25, 0.3) is 0 Å². The van der Waals surface area contributed by atoms with Crippen LogP contribution in [-0.4, -0.2) is 62.0 Å². The van der Waals surface area contributed by atoms with Crippen LogP contribution in [0.3, 0.4) is 0 Å². The van der Waals surface area contributed by atoms with E-state index in [2.05, 4.69) is 24.9 Å². The fourth-order valence-electron chi connectivity index (χ4n) is 4.47. The number of hydrogen-bond donors (Lipinski definition) is 1. The molecule has 1 aliphatic heterocycles. The first kappa shape index (κ1) is 22.8. The van der Waals surface area contributed by atoms with Crippen molar-refractivity contribution in [3.05, 3.63) is 72.1 Å². The SMILES string of the molecule is C[C@@H](N1CCN(c2nc3ccc(F)cc3s2)CC1)[C@](O)(Cn1cncn1)c1ccc(F)cc1F. The zero-order chi connectivity index (χ0) is 23.9. The Morgan fingerprint density at radius 3 is 2.50 bits per heavy atom. The van der Waals surface area contributed by atoms with Gasteiger partial charge < -0.3 is 10.0 Å². The molecule has 7 nitrogen and oxygen atoms in total. The summed E-state index contributed by atoms with van der Waals surface area (Å²) in [6.07, 6.45) is 2.79. The number of fused-ring (bicyclic) bond motifs is 1. The van der Waals surface area contributed by atoms with Gasteiger partial charge in [0.2, 0.25) is 0 Å². The number of anilines is 1. The van der Waals surface area contributed by atoms with Crippen molar-refractivity contribution in [3.63, 3.8) is 0 Å². The summed E-state index contributed by atoms with van der Waals surface area (Å²) < 4.78 is 44.2. The molecule has 2 aromatic heterocycles. The average Bonchev–Trinajstić information content (AvgIpc) is 3.48. The van der Waals surface area contributed by atoms with Crippen molar-refractivity contribution in [1.82, 2.24) is 24.6 Å². The summed E-state index contributed by atoms with van der Waals surface area (Å²) in [5.74, 6) is -1.81. The molecule has 4 aromatic rings. The van der Waals surface area contributed by atoms with Gasteiger partial charge in [-0.3, -0.25) is 4.90 Å². The van der Waals surface area contributed by atoms with E-state index >= 15 is 0 Å². The maximum atomic E-state index is 14.8. The second-order valence-corrected chi connectivity index (χ2v) is 9.46. The molecule has 1 saturated heterocycles. The van der Waals surface area contributed by atoms with Gasteiger partial charge in [-0.25, -0.2) is 27.8 Å². The molecule has 5 rings (SSSR count). The number of aliphatic hydroxyl groups is 1. The van der Waals surface area contributed by atoms with Gasteiger partial charge in [0.15, 0.2) is 5.13 Å². The van der Waals surface area contributed by atoms with Crippen molar-refractivity contribution in [2.45, 2.75) is 25.1 Å². The van der Waals surface area contributed by atoms with Crippen LogP contribution in [0.2, 0.25) is 0 Å². The molecule has 3 heterocycles. The number of piperazine rings is 1. The zero-order valence-electron chi connectivity index (χ0n) is 18.4. The normalized spacial score (nSPS) is 17.7. The first-order valence-electron chi connectivity index (χ1n) is 10.9. The maximum Gasteiger partial charge on any atom is 0.186 e. The highest BCUT2D eigenvalue weighted by molar-refractivity contribution is 7.22. The molecule has 2 atom stereocenters. The molecule has 1 N–H and O–H groups in total. The van der Waals surface area contributed by atoms with E-state index in [-0.39, 0.29) is 17.9 Å². The van der Waals surface area contributed by atoms with Crippen molar-refractivity contribution in [1.29, 1.82) is 0 Å². The third-order valence-electron chi connectivity index (χ3n) is 6.43. The number of rotatable bonds is 6. The summed E-state index contributed by atoms with van der Waals surface area (Å²) in [6.45, 7) is 4.24. The Kier molecular flexibility index (Phi) is 6.00. The fourth-order valence-corrected chi connectivity index (χ4v) is 5.51. The van der Waals surface area contributed by atoms with Gasteiger partial charge in [0.05, 0.1) is 16.8 Å². The molecule has 1 fully saturated rings. The van der Waals surface area contributed by atoms with Crippen LogP contribution in [0.15, 0.2) is 49.1 Å². The van der Waals surface area contributed by atoms with Gasteiger partial charge in [-0.15, -0.1) is 0 Å². The fraction of sp³-hybridized carbons (Fsp3) is 0.348. The molecule has 11 heteroatoms. The Morgan fingerprint density at radius 1 is 1.06 bits per heavy atom. The zero-order valence-corrected chi connectivity index (χ0v) is 19.2. The average molecular weight is 489 g/mol. The molecule has 0 unspecified atom stereocenters. The van der Waals surface area contributed by atoms with E-state index in [0.29, 0.717) is 26.2 Å². The first-order chi connectivity index (χ1) is 16.3. The predicted octanol–water partition coefficient (Wildman–Crippen LogP) is 3.40. The molecular formula is C23H23F3N6OS. The minimum Gasteiger partial charge on any atom is -0.381 e. The largest absolute Gasteiger partial charge is 0.381 e. The lowest BCUT2D eigenvalue weighted by Gasteiger charge is -2.44. The maximum absolute atomic E-state index is 14.8. The van der Waals surface area contributed by atoms with E-state index in [1.54, 1.807) is 6.07 Å². The summed E-state index contributed by atoms with van der Waals surface area (Å²) >= 11 is 1.44. The summed E-state index contributed by atoms with van der Waals surface area (Å²) in [4.78, 5) is 12.7. The van der Waals surface area contributed by atoms with Gasteiger partial charge in [-0.1, -0.05) is 17.4 Å². The Hall–Kier alpha value is -3.02. The van der Waals surface area contributed by atoms with Crippen molar-refractivity contribution in [3.8, 4) is 0 Å². The summed E-state index contributed by atoms with van der Waals surface area (Å²) in [5, 5.41) is 16.7. The lowest BCUT2D eigenvalue weighted by atomic mass is 9.85. The van der Waals surface area contributed by atoms with Gasteiger partial charge in [0, 0.05) is 43.9 Å². The highest BCUT2D eigenvalue weighted by atomic mass is 32.1. The van der Waals surface area contributed by atoms with Crippen molar-refractivity contribution in [2.75, 3.05) is 31.1 Å². The van der Waals surface area contributed by atoms with E-state index < -0.39 is 23.3 Å². The standard InChI is InChI=1S/C23H23F3N6OS/c1-15(23(33,12-32-14-27-13-28-32)18-4-2-16(24)10-19(18)26)30-6-8-31(9-7-30)22-29-20-5-3-17(25)11-21(20)34-22/h2-5,10-11,13-15,33H,6-9,12H2,1H3/t15-,23-/m1/s1. The minimum absolute atomic E-state index is 0.00697. The van der Waals surface area contributed by atoms with E-state index in [9.17, 15) is 18.3 Å². The smallest absolute Gasteiger partial charge is 0.186 e. The van der Waals surface area contributed by atoms with Crippen molar-refractivity contribution in [2.24, 2.45) is 0 Å². The van der Waals surface area contributed by atoms with Gasteiger partial charge in [0.1, 0.15) is 35.7 Å². The van der Waals surface area contributed by atoms with E-state index in [0.717, 1.165) is 27.5 Å². The van der Waals surface area contributed by atoms with Crippen molar-refractivity contribution >= 4 is 26.7 Å². The number of thiazole rings is 1. The molecule has 0 spiro atoms. The quantitative estimate of drug-likeness (QED) is 0.449. The van der Waals surface area contributed by atoms with Gasteiger partial charge in [-0.2, -0.15) is 5.10 Å². The van der Waals surface area contributed by atoms with Crippen LogP contribution in [-0.2, 0) is 12.1 Å². The Balaban J connectivity index is 1.37. The Bertz CT molecular complexity index is 1290. The first-order valence-corrected chi connectivity index (χ1v) is 11.7. The number of aromatic nitrogens is 4. The van der Waals surface area contributed by atoms with E-state index in [1.807, 2.05) is 6.92 Å². The van der Waals surface area contributed by atoms with Crippen LogP contribution in [0.1, 0.15) is 12.5 Å². The molecule has 0 aliphatic carbocycles. The summed E-state index contributed by atoms with van der Waals surface area (Å²) in [6, 6.07) is 7.25. The van der Waals surface area contributed by atoms with Crippen molar-refractivity contribution < 1.29 is 18.3 Å². The van der Waals surface area contributed by atoms with Crippen LogP contribution >= 0.6 is 11.3 Å². The lowest BCUT2D eigenvalue weighted by Crippen LogP contribution is -2.57. The molecule has 0 saturated carbocycles. The highest BCUT2D eigenvalue weighted by Crippen LogP contribution is 2.34. The second-order valence-electron chi connectivity index (χ2n) is 8.45. The summed E-state index contributed by atoms with van der Waals surface area (Å²) in [7, 11) is 0. The highest BCUT2D eigenvalue weighted by Gasteiger charge is 2.42. The molecule has 178 valence electrons. The van der Waals surface area contributed by atoms with Crippen LogP contribution in [0.25, 0.3) is 10.2 Å². The Morgan fingerprint density at radius 2 is 1.79 bits per heavy atom. The molecular weight excluding hydrogens is 465 g/mol.